The fraction of sp³-hybridized carbons (Fsp3) is 0.650. The largest absolute Gasteiger partial charge is 0.379 e. The highest BCUT2D eigenvalue weighted by molar-refractivity contribution is 7.89. The van der Waals surface area contributed by atoms with Gasteiger partial charge in [-0.15, -0.1) is 0 Å². The first-order chi connectivity index (χ1) is 13.3. The Morgan fingerprint density at radius 1 is 1.18 bits per heavy atom. The zero-order chi connectivity index (χ0) is 20.3. The number of anilines is 1. The number of likely N-dealkylation sites (tertiary alicyclic amines) is 1. The Bertz CT molecular complexity index is 796. The van der Waals surface area contributed by atoms with Crippen molar-refractivity contribution in [2.75, 3.05) is 51.3 Å². The molecule has 0 radical (unpaired) electrons. The Labute approximate surface area is 168 Å². The van der Waals surface area contributed by atoms with Gasteiger partial charge in [-0.2, -0.15) is 4.31 Å². The quantitative estimate of drug-likeness (QED) is 0.804. The second-order valence-electron chi connectivity index (χ2n) is 8.18. The van der Waals surface area contributed by atoms with Crippen molar-refractivity contribution in [2.45, 2.75) is 32.1 Å². The maximum Gasteiger partial charge on any atom is 0.243 e. The van der Waals surface area contributed by atoms with E-state index < -0.39 is 10.0 Å². The molecular weight excluding hydrogens is 378 g/mol. The molecule has 2 heterocycles. The molecule has 7 nitrogen and oxygen atoms in total. The van der Waals surface area contributed by atoms with Crippen LogP contribution >= 0.6 is 0 Å². The van der Waals surface area contributed by atoms with Crippen LogP contribution in [0.4, 0.5) is 5.69 Å². The molecular formula is C20H31N3O4S. The fourth-order valence-corrected chi connectivity index (χ4v) is 5.58. The van der Waals surface area contributed by atoms with E-state index in [-0.39, 0.29) is 10.8 Å². The zero-order valence-corrected chi connectivity index (χ0v) is 17.8. The van der Waals surface area contributed by atoms with Crippen molar-refractivity contribution in [1.82, 2.24) is 9.21 Å². The van der Waals surface area contributed by atoms with Crippen LogP contribution in [0.2, 0.25) is 0 Å². The van der Waals surface area contributed by atoms with Gasteiger partial charge in [-0.1, -0.05) is 19.9 Å². The molecule has 1 N–H and O–H groups in total. The molecule has 0 aromatic heterocycles. The molecule has 1 aromatic rings. The number of nitrogens with one attached hydrogen (secondary N) is 1. The molecule has 2 atom stereocenters. The molecule has 2 aliphatic rings. The van der Waals surface area contributed by atoms with Crippen LogP contribution in [0.15, 0.2) is 23.1 Å². The van der Waals surface area contributed by atoms with Crippen LogP contribution in [0.1, 0.15) is 25.8 Å². The second-order valence-corrected chi connectivity index (χ2v) is 10.1. The predicted molar refractivity (Wildman–Crippen MR) is 109 cm³/mol. The number of hydrogen-bond acceptors (Lipinski definition) is 5. The minimum absolute atomic E-state index is 0.106. The Morgan fingerprint density at radius 2 is 1.82 bits per heavy atom. The summed E-state index contributed by atoms with van der Waals surface area (Å²) in [6.07, 6.45) is 1.19. The number of aryl methyl sites for hydroxylation is 1. The summed E-state index contributed by atoms with van der Waals surface area (Å²) in [7, 11) is -3.59. The summed E-state index contributed by atoms with van der Waals surface area (Å²) in [6.45, 7) is 9.97. The molecule has 0 aliphatic carbocycles. The van der Waals surface area contributed by atoms with Gasteiger partial charge < -0.3 is 10.1 Å². The fourth-order valence-electron chi connectivity index (χ4n) is 4.15. The number of carbonyl (C=O) groups excluding carboxylic acids is 1. The molecule has 2 fully saturated rings. The van der Waals surface area contributed by atoms with Crippen molar-refractivity contribution < 1.29 is 17.9 Å². The first-order valence-electron chi connectivity index (χ1n) is 9.96. The Morgan fingerprint density at radius 3 is 2.46 bits per heavy atom. The molecule has 0 bridgehead atoms. The molecule has 0 unspecified atom stereocenters. The number of hydrogen-bond donors (Lipinski definition) is 1. The van der Waals surface area contributed by atoms with Crippen LogP contribution in [-0.2, 0) is 19.6 Å². The Kier molecular flexibility index (Phi) is 6.75. The van der Waals surface area contributed by atoms with Gasteiger partial charge >= 0.3 is 0 Å². The molecule has 1 amide bonds. The van der Waals surface area contributed by atoms with Gasteiger partial charge in [-0.05, 0) is 42.9 Å². The van der Waals surface area contributed by atoms with E-state index in [0.29, 0.717) is 50.4 Å². The van der Waals surface area contributed by atoms with Gasteiger partial charge in [0.05, 0.1) is 24.7 Å². The lowest BCUT2D eigenvalue weighted by molar-refractivity contribution is -0.117. The molecule has 0 spiro atoms. The molecule has 3 rings (SSSR count). The maximum atomic E-state index is 12.9. The van der Waals surface area contributed by atoms with Crippen molar-refractivity contribution in [1.29, 1.82) is 0 Å². The standard InChI is InChI=1S/C20H31N3O4S/c1-15-10-16(2)13-22(12-15)14-20(24)21-19-11-18(5-4-17(19)3)28(25,26)23-6-8-27-9-7-23/h4-5,11,15-16H,6-10,12-14H2,1-3H3,(H,21,24)/t15-,16-/m0/s1. The third-order valence-corrected chi connectivity index (χ3v) is 7.30. The monoisotopic (exact) mass is 409 g/mol. The van der Waals surface area contributed by atoms with E-state index in [2.05, 4.69) is 24.1 Å². The summed E-state index contributed by atoms with van der Waals surface area (Å²) in [6, 6.07) is 4.91. The number of ether oxygens (including phenoxy) is 1. The number of benzene rings is 1. The number of piperidine rings is 1. The van der Waals surface area contributed by atoms with Gasteiger partial charge in [0.25, 0.3) is 0 Å². The highest BCUT2D eigenvalue weighted by Crippen LogP contribution is 2.24. The van der Waals surface area contributed by atoms with Crippen molar-refractivity contribution in [2.24, 2.45) is 11.8 Å². The maximum absolute atomic E-state index is 12.9. The van der Waals surface area contributed by atoms with Crippen LogP contribution in [0.25, 0.3) is 0 Å². The minimum atomic E-state index is -3.59. The molecule has 156 valence electrons. The number of morpholine rings is 1. The smallest absolute Gasteiger partial charge is 0.243 e. The highest BCUT2D eigenvalue weighted by Gasteiger charge is 2.27. The van der Waals surface area contributed by atoms with E-state index in [4.69, 9.17) is 4.74 Å². The highest BCUT2D eigenvalue weighted by atomic mass is 32.2. The lowest BCUT2D eigenvalue weighted by Crippen LogP contribution is -2.43. The van der Waals surface area contributed by atoms with Crippen LogP contribution in [-0.4, -0.2) is 69.5 Å². The van der Waals surface area contributed by atoms with Crippen molar-refractivity contribution >= 4 is 21.6 Å². The minimum Gasteiger partial charge on any atom is -0.379 e. The summed E-state index contributed by atoms with van der Waals surface area (Å²) in [5.74, 6) is 1.06. The van der Waals surface area contributed by atoms with Gasteiger partial charge in [-0.25, -0.2) is 8.42 Å². The van der Waals surface area contributed by atoms with Gasteiger partial charge in [0.2, 0.25) is 15.9 Å². The van der Waals surface area contributed by atoms with E-state index in [1.165, 1.54) is 10.7 Å². The van der Waals surface area contributed by atoms with Gasteiger partial charge in [0.1, 0.15) is 0 Å². The summed E-state index contributed by atoms with van der Waals surface area (Å²) in [4.78, 5) is 15.0. The van der Waals surface area contributed by atoms with Gasteiger partial charge in [0.15, 0.2) is 0 Å². The number of carbonyl (C=O) groups is 1. The van der Waals surface area contributed by atoms with E-state index >= 15 is 0 Å². The van der Waals surface area contributed by atoms with Crippen molar-refractivity contribution in [3.05, 3.63) is 23.8 Å². The SMILES string of the molecule is Cc1ccc(S(=O)(=O)N2CCOCC2)cc1NC(=O)CN1C[C@@H](C)C[C@H](C)C1. The first kappa shape index (κ1) is 21.2. The van der Waals surface area contributed by atoms with Crippen LogP contribution < -0.4 is 5.32 Å². The molecule has 8 heteroatoms. The van der Waals surface area contributed by atoms with Gasteiger partial charge in [-0.3, -0.25) is 9.69 Å². The number of sulfonamides is 1. The third kappa shape index (κ3) is 5.11. The molecule has 28 heavy (non-hydrogen) atoms. The molecule has 1 aromatic carbocycles. The average Bonchev–Trinajstić information content (AvgIpc) is 2.63. The third-order valence-electron chi connectivity index (χ3n) is 5.40. The van der Waals surface area contributed by atoms with Crippen LogP contribution in [0, 0.1) is 18.8 Å². The van der Waals surface area contributed by atoms with E-state index in [1.54, 1.807) is 18.2 Å². The Balaban J connectivity index is 1.70. The number of nitrogens with zero attached hydrogens (tertiary/aromatic N) is 2. The summed E-state index contributed by atoms with van der Waals surface area (Å²) < 4.78 is 32.4. The molecule has 2 aliphatic heterocycles. The second kappa shape index (κ2) is 8.90. The summed E-state index contributed by atoms with van der Waals surface area (Å²) in [5, 5.41) is 2.91. The number of amides is 1. The first-order valence-corrected chi connectivity index (χ1v) is 11.4. The van der Waals surface area contributed by atoms with Crippen molar-refractivity contribution in [3.63, 3.8) is 0 Å². The lowest BCUT2D eigenvalue weighted by Gasteiger charge is -2.34. The molecule has 0 saturated carbocycles. The summed E-state index contributed by atoms with van der Waals surface area (Å²) in [5.41, 5.74) is 1.40. The number of rotatable bonds is 5. The zero-order valence-electron chi connectivity index (χ0n) is 17.0. The molecule has 2 saturated heterocycles. The summed E-state index contributed by atoms with van der Waals surface area (Å²) >= 11 is 0. The van der Waals surface area contributed by atoms with Crippen LogP contribution in [0.3, 0.4) is 0 Å². The van der Waals surface area contributed by atoms with E-state index in [1.807, 2.05) is 6.92 Å². The van der Waals surface area contributed by atoms with Crippen molar-refractivity contribution in [3.8, 4) is 0 Å². The lowest BCUT2D eigenvalue weighted by atomic mass is 9.92. The predicted octanol–water partition coefficient (Wildman–Crippen LogP) is 1.93. The van der Waals surface area contributed by atoms with E-state index in [9.17, 15) is 13.2 Å². The van der Waals surface area contributed by atoms with Gasteiger partial charge in [0, 0.05) is 31.9 Å². The average molecular weight is 410 g/mol. The van der Waals surface area contributed by atoms with E-state index in [0.717, 1.165) is 18.7 Å². The topological polar surface area (TPSA) is 79.0 Å². The van der Waals surface area contributed by atoms with Crippen LogP contribution in [0.5, 0.6) is 0 Å². The normalized spacial score (nSPS) is 24.8. The Hall–Kier alpha value is -1.48.